The zero-order valence-corrected chi connectivity index (χ0v) is 12.5. The molecule has 2 heterocycles. The lowest BCUT2D eigenvalue weighted by Crippen LogP contribution is -2.17. The third-order valence-electron chi connectivity index (χ3n) is 3.05. The summed E-state index contributed by atoms with van der Waals surface area (Å²) in [7, 11) is 0. The second kappa shape index (κ2) is 6.09. The van der Waals surface area contributed by atoms with E-state index in [-0.39, 0.29) is 18.9 Å². The van der Waals surface area contributed by atoms with Crippen LogP contribution in [-0.2, 0) is 13.2 Å². The summed E-state index contributed by atoms with van der Waals surface area (Å²) in [5.74, 6) is -0.420. The number of nitrogens with two attached hydrogens (primary N) is 1. The van der Waals surface area contributed by atoms with Gasteiger partial charge < -0.3 is 20.2 Å². The molecule has 23 heavy (non-hydrogen) atoms. The molecule has 0 spiro atoms. The molecular weight excluding hydrogens is 331 g/mol. The van der Waals surface area contributed by atoms with Crippen molar-refractivity contribution in [3.63, 3.8) is 0 Å². The third kappa shape index (κ3) is 3.74. The van der Waals surface area contributed by atoms with Crippen molar-refractivity contribution in [3.05, 3.63) is 40.5 Å². The molecule has 0 aliphatic carbocycles. The molecule has 5 nitrogen and oxygen atoms in total. The van der Waals surface area contributed by atoms with Crippen LogP contribution >= 0.6 is 11.3 Å². The van der Waals surface area contributed by atoms with Crippen LogP contribution in [0.4, 0.5) is 13.2 Å². The first kappa shape index (κ1) is 15.6. The number of benzene rings is 1. The van der Waals surface area contributed by atoms with Gasteiger partial charge in [0.05, 0.1) is 11.2 Å². The Bertz CT molecular complexity index is 800. The number of nitrogens with one attached hydrogen (secondary N) is 1. The van der Waals surface area contributed by atoms with Gasteiger partial charge in [0.15, 0.2) is 11.5 Å². The lowest BCUT2D eigenvalue weighted by Gasteiger charge is -2.14. The van der Waals surface area contributed by atoms with Crippen LogP contribution in [-0.4, -0.2) is 16.3 Å². The van der Waals surface area contributed by atoms with E-state index >= 15 is 0 Å². The van der Waals surface area contributed by atoms with Crippen molar-refractivity contribution < 1.29 is 22.6 Å². The Labute approximate surface area is 132 Å². The van der Waals surface area contributed by atoms with Gasteiger partial charge in [-0.3, -0.25) is 0 Å². The lowest BCUT2D eigenvalue weighted by molar-refractivity contribution is -0.275. The number of ether oxygens (including phenoxy) is 2. The molecule has 0 radical (unpaired) electrons. The fourth-order valence-electron chi connectivity index (χ4n) is 2.09. The quantitative estimate of drug-likeness (QED) is 0.743. The van der Waals surface area contributed by atoms with Gasteiger partial charge in [-0.1, -0.05) is 0 Å². The van der Waals surface area contributed by atoms with Crippen LogP contribution in [0.2, 0.25) is 0 Å². The Hall–Kier alpha value is -2.26. The average Bonchev–Trinajstić information content (AvgIpc) is 3.11. The molecule has 0 bridgehead atoms. The number of rotatable bonds is 5. The molecule has 3 aromatic rings. The van der Waals surface area contributed by atoms with Crippen LogP contribution in [0.1, 0.15) is 11.4 Å². The zero-order valence-electron chi connectivity index (χ0n) is 11.7. The maximum Gasteiger partial charge on any atom is 0.573 e. The first-order valence-corrected chi connectivity index (χ1v) is 7.50. The number of H-pyrrole nitrogens is 1. The first-order valence-electron chi connectivity index (χ1n) is 6.56. The van der Waals surface area contributed by atoms with Crippen molar-refractivity contribution in [2.45, 2.75) is 19.5 Å². The predicted octanol–water partition coefficient (Wildman–Crippen LogP) is 3.56. The second-order valence-corrected chi connectivity index (χ2v) is 5.42. The Balaban J connectivity index is 1.95. The number of aromatic nitrogens is 2. The Morgan fingerprint density at radius 3 is 2.70 bits per heavy atom. The summed E-state index contributed by atoms with van der Waals surface area (Å²) in [5, 5.41) is 2.31. The van der Waals surface area contributed by atoms with Gasteiger partial charge in [0.2, 0.25) is 0 Å². The fourth-order valence-corrected chi connectivity index (χ4v) is 2.63. The highest BCUT2D eigenvalue weighted by Crippen LogP contribution is 2.36. The molecule has 0 atom stereocenters. The summed E-state index contributed by atoms with van der Waals surface area (Å²) in [6.45, 7) is 0.298. The standard InChI is InChI=1S/C14H12F3N3O2S/c15-14(16,17)22-13-2-8-1-9(4-18)20-11(8)3-12(13)21-5-10-6-23-7-19-10/h1-3,6-7,20H,4-5,18H2. The van der Waals surface area contributed by atoms with Gasteiger partial charge in [-0.25, -0.2) is 4.98 Å². The van der Waals surface area contributed by atoms with Crippen molar-refractivity contribution in [2.24, 2.45) is 5.73 Å². The molecular formula is C14H12F3N3O2S. The van der Waals surface area contributed by atoms with E-state index in [9.17, 15) is 13.2 Å². The molecule has 9 heteroatoms. The van der Waals surface area contributed by atoms with E-state index in [1.807, 2.05) is 0 Å². The van der Waals surface area contributed by atoms with Gasteiger partial charge in [-0.2, -0.15) is 0 Å². The second-order valence-electron chi connectivity index (χ2n) is 4.70. The van der Waals surface area contributed by atoms with E-state index in [2.05, 4.69) is 14.7 Å². The van der Waals surface area contributed by atoms with Crippen LogP contribution in [0.3, 0.4) is 0 Å². The van der Waals surface area contributed by atoms with Crippen molar-refractivity contribution >= 4 is 22.2 Å². The fraction of sp³-hybridized carbons (Fsp3) is 0.214. The van der Waals surface area contributed by atoms with Gasteiger partial charge in [0, 0.05) is 34.6 Å². The van der Waals surface area contributed by atoms with E-state index in [4.69, 9.17) is 10.5 Å². The molecule has 122 valence electrons. The minimum atomic E-state index is -4.81. The van der Waals surface area contributed by atoms with Gasteiger partial charge in [-0.15, -0.1) is 24.5 Å². The minimum absolute atomic E-state index is 0.0201. The molecule has 0 saturated heterocycles. The number of halogens is 3. The molecule has 0 aliphatic heterocycles. The highest BCUT2D eigenvalue weighted by molar-refractivity contribution is 7.07. The van der Waals surface area contributed by atoms with E-state index in [0.29, 0.717) is 22.3 Å². The molecule has 1 aromatic carbocycles. The molecule has 0 aliphatic rings. The molecule has 0 fully saturated rings. The summed E-state index contributed by atoms with van der Waals surface area (Å²) in [5.41, 5.74) is 9.10. The topological polar surface area (TPSA) is 73.2 Å². The third-order valence-corrected chi connectivity index (χ3v) is 3.68. The van der Waals surface area contributed by atoms with E-state index in [0.717, 1.165) is 0 Å². The maximum absolute atomic E-state index is 12.6. The number of hydrogen-bond acceptors (Lipinski definition) is 5. The van der Waals surface area contributed by atoms with Crippen molar-refractivity contribution in [1.29, 1.82) is 0 Å². The van der Waals surface area contributed by atoms with E-state index in [1.54, 1.807) is 17.0 Å². The van der Waals surface area contributed by atoms with Crippen LogP contribution in [0.5, 0.6) is 11.5 Å². The minimum Gasteiger partial charge on any atom is -0.483 e. The smallest absolute Gasteiger partial charge is 0.483 e. The summed E-state index contributed by atoms with van der Waals surface area (Å²) >= 11 is 1.38. The van der Waals surface area contributed by atoms with Crippen LogP contribution in [0.15, 0.2) is 29.1 Å². The van der Waals surface area contributed by atoms with E-state index in [1.165, 1.54) is 23.5 Å². The number of alkyl halides is 3. The number of aromatic amines is 1. The summed E-state index contributed by atoms with van der Waals surface area (Å²) in [6.07, 6.45) is -4.81. The van der Waals surface area contributed by atoms with Gasteiger partial charge >= 0.3 is 6.36 Å². The van der Waals surface area contributed by atoms with Gasteiger partial charge in [-0.05, 0) is 12.1 Å². The maximum atomic E-state index is 12.6. The van der Waals surface area contributed by atoms with Crippen molar-refractivity contribution in [3.8, 4) is 11.5 Å². The van der Waals surface area contributed by atoms with Crippen LogP contribution in [0, 0.1) is 0 Å². The first-order chi connectivity index (χ1) is 10.9. The SMILES string of the molecule is NCc1cc2cc(OC(F)(F)F)c(OCc3cscn3)cc2[nH]1. The number of thiazole rings is 1. The highest BCUT2D eigenvalue weighted by Gasteiger charge is 2.32. The molecule has 3 rings (SSSR count). The Morgan fingerprint density at radius 1 is 1.22 bits per heavy atom. The van der Waals surface area contributed by atoms with Gasteiger partial charge in [0.25, 0.3) is 0 Å². The van der Waals surface area contributed by atoms with Crippen LogP contribution < -0.4 is 15.2 Å². The summed E-state index contributed by atoms with van der Waals surface area (Å²) < 4.78 is 47.3. The Morgan fingerprint density at radius 2 is 2.04 bits per heavy atom. The van der Waals surface area contributed by atoms with E-state index < -0.39 is 12.1 Å². The molecule has 3 N–H and O–H groups in total. The highest BCUT2D eigenvalue weighted by atomic mass is 32.1. The molecule has 0 saturated carbocycles. The average molecular weight is 343 g/mol. The van der Waals surface area contributed by atoms with Crippen molar-refractivity contribution in [1.82, 2.24) is 9.97 Å². The van der Waals surface area contributed by atoms with Crippen molar-refractivity contribution in [2.75, 3.05) is 0 Å². The number of hydrogen-bond donors (Lipinski definition) is 2. The largest absolute Gasteiger partial charge is 0.573 e. The lowest BCUT2D eigenvalue weighted by atomic mass is 10.2. The molecule has 0 amide bonds. The normalized spacial score (nSPS) is 11.8. The number of nitrogens with zero attached hydrogens (tertiary/aromatic N) is 1. The molecule has 0 unspecified atom stereocenters. The number of fused-ring (bicyclic) bond motifs is 1. The van der Waals surface area contributed by atoms with Gasteiger partial charge in [0.1, 0.15) is 6.61 Å². The monoisotopic (exact) mass is 343 g/mol. The zero-order chi connectivity index (χ0) is 16.4. The predicted molar refractivity (Wildman–Crippen MR) is 79.3 cm³/mol. The summed E-state index contributed by atoms with van der Waals surface area (Å²) in [4.78, 5) is 7.03. The molecule has 2 aromatic heterocycles. The Kier molecular flexibility index (Phi) is 4.14. The van der Waals surface area contributed by atoms with Crippen LogP contribution in [0.25, 0.3) is 10.9 Å². The summed E-state index contributed by atoms with van der Waals surface area (Å²) in [6, 6.07) is 4.40.